The van der Waals surface area contributed by atoms with Crippen LogP contribution in [0.2, 0.25) is 0 Å². The van der Waals surface area contributed by atoms with Gasteiger partial charge in [0.05, 0.1) is 13.2 Å². The molecule has 2 aromatic carbocycles. The first-order valence-electron chi connectivity index (χ1n) is 9.72. The fourth-order valence-corrected chi connectivity index (χ4v) is 4.59. The molecule has 2 atom stereocenters. The molecule has 5 nitrogen and oxygen atoms in total. The number of ether oxygens (including phenoxy) is 2. The first-order chi connectivity index (χ1) is 13.6. The highest BCUT2D eigenvalue weighted by molar-refractivity contribution is 9.10. The van der Waals surface area contributed by atoms with E-state index >= 15 is 0 Å². The molecule has 3 fully saturated rings. The van der Waals surface area contributed by atoms with E-state index in [2.05, 4.69) is 38.3 Å². The Hall–Kier alpha value is -2.05. The molecule has 28 heavy (non-hydrogen) atoms. The lowest BCUT2D eigenvalue weighted by atomic mass is 9.78. The summed E-state index contributed by atoms with van der Waals surface area (Å²) in [5, 5.41) is 2.86. The van der Waals surface area contributed by atoms with Crippen LogP contribution in [0.3, 0.4) is 0 Å². The highest BCUT2D eigenvalue weighted by Crippen LogP contribution is 2.36. The number of nitrogens with one attached hydrogen (secondary N) is 1. The molecule has 3 heterocycles. The predicted octanol–water partition coefficient (Wildman–Crippen LogP) is 4.71. The van der Waals surface area contributed by atoms with Crippen LogP contribution in [0.5, 0.6) is 5.75 Å². The maximum absolute atomic E-state index is 12.5. The summed E-state index contributed by atoms with van der Waals surface area (Å²) in [7, 11) is 1.68. The van der Waals surface area contributed by atoms with Crippen LogP contribution in [-0.4, -0.2) is 43.3 Å². The number of halogens is 1. The van der Waals surface area contributed by atoms with Crippen LogP contribution in [0.15, 0.2) is 53.0 Å². The van der Waals surface area contributed by atoms with E-state index in [1.165, 1.54) is 5.56 Å². The quantitative estimate of drug-likeness (QED) is 0.724. The fraction of sp³-hybridized carbons (Fsp3) is 0.409. The van der Waals surface area contributed by atoms with Gasteiger partial charge in [0.25, 0.3) is 0 Å². The Labute approximate surface area is 174 Å². The lowest BCUT2D eigenvalue weighted by Crippen LogP contribution is -2.60. The van der Waals surface area contributed by atoms with Crippen LogP contribution >= 0.6 is 15.9 Å². The second-order valence-corrected chi connectivity index (χ2v) is 8.41. The molecule has 0 saturated carbocycles. The van der Waals surface area contributed by atoms with Crippen molar-refractivity contribution in [3.8, 4) is 5.75 Å². The smallest absolute Gasteiger partial charge is 0.411 e. The van der Waals surface area contributed by atoms with Crippen molar-refractivity contribution in [2.75, 3.05) is 25.5 Å². The SMILES string of the molecule is COc1ccc(C[C@@H]2[C@H](OC(=O)Nc3ccc(Br)cc3)C3CCN2CC3)cc1. The van der Waals surface area contributed by atoms with Gasteiger partial charge in [-0.3, -0.25) is 10.2 Å². The van der Waals surface area contributed by atoms with Gasteiger partial charge in [0.2, 0.25) is 0 Å². The summed E-state index contributed by atoms with van der Waals surface area (Å²) in [6.45, 7) is 2.17. The molecule has 3 aliphatic rings. The lowest BCUT2D eigenvalue weighted by Gasteiger charge is -2.50. The number of carbonyl (C=O) groups excluding carboxylic acids is 1. The molecular weight excluding hydrogens is 420 g/mol. The number of fused-ring (bicyclic) bond motifs is 3. The van der Waals surface area contributed by atoms with Crippen molar-refractivity contribution in [2.45, 2.75) is 31.4 Å². The number of nitrogens with zero attached hydrogens (tertiary/aromatic N) is 1. The number of anilines is 1. The summed E-state index contributed by atoms with van der Waals surface area (Å²) >= 11 is 3.40. The van der Waals surface area contributed by atoms with Gasteiger partial charge in [-0.15, -0.1) is 0 Å². The van der Waals surface area contributed by atoms with E-state index in [1.54, 1.807) is 7.11 Å². The second-order valence-electron chi connectivity index (χ2n) is 7.49. The molecule has 6 heteroatoms. The number of piperidine rings is 3. The minimum Gasteiger partial charge on any atom is -0.497 e. The summed E-state index contributed by atoms with van der Waals surface area (Å²) in [5.74, 6) is 1.29. The van der Waals surface area contributed by atoms with Crippen LogP contribution in [-0.2, 0) is 11.2 Å². The number of carbonyl (C=O) groups is 1. The standard InChI is InChI=1S/C22H25BrN2O3/c1-27-19-8-2-15(3-9-19)14-20-21(16-10-12-25(20)13-11-16)28-22(26)24-18-6-4-17(23)5-7-18/h2-9,16,20-21H,10-14H2,1H3,(H,24,26)/t20-,21-/m1/s1. The van der Waals surface area contributed by atoms with Crippen molar-refractivity contribution in [2.24, 2.45) is 5.92 Å². The molecule has 2 bridgehead atoms. The number of benzene rings is 2. The second kappa shape index (κ2) is 8.53. The van der Waals surface area contributed by atoms with Crippen molar-refractivity contribution in [1.82, 2.24) is 4.90 Å². The fourth-order valence-electron chi connectivity index (χ4n) is 4.33. The zero-order valence-electron chi connectivity index (χ0n) is 15.9. The molecule has 0 spiro atoms. The topological polar surface area (TPSA) is 50.8 Å². The average Bonchev–Trinajstić information content (AvgIpc) is 2.73. The van der Waals surface area contributed by atoms with E-state index in [4.69, 9.17) is 9.47 Å². The normalized spacial score (nSPS) is 25.9. The molecule has 0 aromatic heterocycles. The van der Waals surface area contributed by atoms with Gasteiger partial charge in [-0.1, -0.05) is 28.1 Å². The molecule has 1 N–H and O–H groups in total. The van der Waals surface area contributed by atoms with Crippen LogP contribution < -0.4 is 10.1 Å². The van der Waals surface area contributed by atoms with Gasteiger partial charge in [-0.05, 0) is 74.3 Å². The summed E-state index contributed by atoms with van der Waals surface area (Å²) < 4.78 is 12.2. The van der Waals surface area contributed by atoms with Crippen LogP contribution in [0, 0.1) is 5.92 Å². The van der Waals surface area contributed by atoms with E-state index in [0.29, 0.717) is 5.92 Å². The van der Waals surface area contributed by atoms with Crippen LogP contribution in [0.4, 0.5) is 10.5 Å². The monoisotopic (exact) mass is 444 g/mol. The number of methoxy groups -OCH3 is 1. The van der Waals surface area contributed by atoms with E-state index in [-0.39, 0.29) is 18.2 Å². The molecule has 0 radical (unpaired) electrons. The minimum absolute atomic E-state index is 0.0833. The van der Waals surface area contributed by atoms with Crippen molar-refractivity contribution in [3.63, 3.8) is 0 Å². The van der Waals surface area contributed by atoms with E-state index in [9.17, 15) is 4.79 Å². The van der Waals surface area contributed by atoms with E-state index < -0.39 is 0 Å². The summed E-state index contributed by atoms with van der Waals surface area (Å²) in [4.78, 5) is 15.0. The number of hydrogen-bond acceptors (Lipinski definition) is 4. The predicted molar refractivity (Wildman–Crippen MR) is 113 cm³/mol. The molecule has 3 aliphatic heterocycles. The number of amides is 1. The Morgan fingerprint density at radius 2 is 1.79 bits per heavy atom. The molecule has 3 saturated heterocycles. The van der Waals surface area contributed by atoms with Crippen molar-refractivity contribution < 1.29 is 14.3 Å². The summed E-state index contributed by atoms with van der Waals surface area (Å²) in [6, 6.07) is 15.9. The third kappa shape index (κ3) is 4.33. The van der Waals surface area contributed by atoms with Gasteiger partial charge in [0, 0.05) is 16.1 Å². The Bertz CT molecular complexity index is 802. The number of hydrogen-bond donors (Lipinski definition) is 1. The zero-order valence-corrected chi connectivity index (χ0v) is 17.5. The third-order valence-electron chi connectivity index (χ3n) is 5.82. The first-order valence-corrected chi connectivity index (χ1v) is 10.5. The van der Waals surface area contributed by atoms with E-state index in [1.807, 2.05) is 36.4 Å². The molecule has 0 aliphatic carbocycles. The maximum Gasteiger partial charge on any atom is 0.411 e. The number of rotatable bonds is 5. The van der Waals surface area contributed by atoms with Crippen LogP contribution in [0.1, 0.15) is 18.4 Å². The molecule has 5 rings (SSSR count). The maximum atomic E-state index is 12.5. The molecule has 148 valence electrons. The highest BCUT2D eigenvalue weighted by atomic mass is 79.9. The first kappa shape index (κ1) is 19.3. The van der Waals surface area contributed by atoms with Gasteiger partial charge < -0.3 is 9.47 Å². The van der Waals surface area contributed by atoms with Gasteiger partial charge >= 0.3 is 6.09 Å². The molecular formula is C22H25BrN2O3. The Kier molecular flexibility index (Phi) is 5.87. The average molecular weight is 445 g/mol. The summed E-state index contributed by atoms with van der Waals surface area (Å²) in [5.41, 5.74) is 1.97. The van der Waals surface area contributed by atoms with Gasteiger partial charge in [-0.25, -0.2) is 4.79 Å². The summed E-state index contributed by atoms with van der Waals surface area (Å²) in [6.07, 6.45) is 2.60. The molecule has 1 amide bonds. The zero-order chi connectivity index (χ0) is 19.5. The minimum atomic E-state index is -0.374. The highest BCUT2D eigenvalue weighted by Gasteiger charge is 2.44. The third-order valence-corrected chi connectivity index (χ3v) is 6.35. The van der Waals surface area contributed by atoms with Gasteiger partial charge in [0.1, 0.15) is 11.9 Å². The van der Waals surface area contributed by atoms with Crippen LogP contribution in [0.25, 0.3) is 0 Å². The largest absolute Gasteiger partial charge is 0.497 e. The van der Waals surface area contributed by atoms with E-state index in [0.717, 1.165) is 48.3 Å². The Balaban J connectivity index is 1.44. The van der Waals surface area contributed by atoms with Crippen molar-refractivity contribution in [1.29, 1.82) is 0 Å². The molecule has 2 aromatic rings. The molecule has 0 unspecified atom stereocenters. The lowest BCUT2D eigenvalue weighted by molar-refractivity contribution is -0.0741. The Morgan fingerprint density at radius 1 is 1.11 bits per heavy atom. The van der Waals surface area contributed by atoms with Crippen molar-refractivity contribution >= 4 is 27.7 Å². The Morgan fingerprint density at radius 3 is 2.43 bits per heavy atom. The van der Waals surface area contributed by atoms with Gasteiger partial charge in [-0.2, -0.15) is 0 Å². The van der Waals surface area contributed by atoms with Gasteiger partial charge in [0.15, 0.2) is 0 Å². The van der Waals surface area contributed by atoms with Crippen molar-refractivity contribution in [3.05, 3.63) is 58.6 Å².